The monoisotopic (exact) mass is 656 g/mol. The van der Waals surface area contributed by atoms with Crippen LogP contribution >= 0.6 is 15.9 Å². The van der Waals surface area contributed by atoms with Crippen LogP contribution < -0.4 is 14.2 Å². The van der Waals surface area contributed by atoms with Crippen molar-refractivity contribution < 1.29 is 38.1 Å². The smallest absolute Gasteiger partial charge is 0.335 e. The lowest BCUT2D eigenvalue weighted by Gasteiger charge is -2.07. The van der Waals surface area contributed by atoms with Gasteiger partial charge in [-0.1, -0.05) is 29.1 Å². The second kappa shape index (κ2) is 17.0. The highest BCUT2D eigenvalue weighted by Crippen LogP contribution is 2.19. The van der Waals surface area contributed by atoms with Gasteiger partial charge < -0.3 is 18.9 Å². The van der Waals surface area contributed by atoms with Crippen molar-refractivity contribution in [2.45, 2.75) is 0 Å². The fraction of sp³-hybridized carbons (Fsp3) is 0.0857. The standard InChI is InChI=1S/C19H18O5.C16H11BrO3/c1-3-18(20)24-13-12-23-17-10-6-15(7-11-17)19(21)14-4-8-16(22-2)9-5-14;1-2-15(18)20-14-9-5-12(6-10-14)16(19)11-3-7-13(17)8-4-11/h3-11H,1,12-13H2,2H3;2-10H,1H2. The summed E-state index contributed by atoms with van der Waals surface area (Å²) in [6, 6.07) is 27.2. The van der Waals surface area contributed by atoms with Crippen molar-refractivity contribution in [3.8, 4) is 17.2 Å². The molecule has 0 atom stereocenters. The Hall–Kier alpha value is -5.28. The zero-order chi connectivity index (χ0) is 31.9. The Bertz CT molecular complexity index is 1590. The number of halogens is 1. The van der Waals surface area contributed by atoms with Crippen LogP contribution in [0.3, 0.4) is 0 Å². The average Bonchev–Trinajstić information content (AvgIpc) is 3.07. The van der Waals surface area contributed by atoms with Crippen molar-refractivity contribution in [2.24, 2.45) is 0 Å². The number of ether oxygens (including phenoxy) is 4. The van der Waals surface area contributed by atoms with Gasteiger partial charge in [0.1, 0.15) is 30.5 Å². The summed E-state index contributed by atoms with van der Waals surface area (Å²) in [5, 5.41) is 0. The molecular formula is C35H29BrO8. The first-order valence-corrected chi connectivity index (χ1v) is 14.0. The number of methoxy groups -OCH3 is 1. The van der Waals surface area contributed by atoms with Crippen molar-refractivity contribution in [1.82, 2.24) is 0 Å². The van der Waals surface area contributed by atoms with E-state index in [0.717, 1.165) is 16.6 Å². The Morgan fingerprint density at radius 2 is 1.00 bits per heavy atom. The third kappa shape index (κ3) is 10.2. The minimum absolute atomic E-state index is 0.0795. The molecule has 0 bridgehead atoms. The lowest BCUT2D eigenvalue weighted by atomic mass is 10.0. The lowest BCUT2D eigenvalue weighted by molar-refractivity contribution is -0.138. The Morgan fingerprint density at radius 3 is 1.43 bits per heavy atom. The number of hydrogen-bond donors (Lipinski definition) is 0. The van der Waals surface area contributed by atoms with Crippen molar-refractivity contribution in [3.63, 3.8) is 0 Å². The van der Waals surface area contributed by atoms with Gasteiger partial charge in [0.25, 0.3) is 0 Å². The van der Waals surface area contributed by atoms with Crippen molar-refractivity contribution in [1.29, 1.82) is 0 Å². The maximum atomic E-state index is 12.4. The fourth-order valence-electron chi connectivity index (χ4n) is 3.57. The maximum Gasteiger partial charge on any atom is 0.335 e. The number of hydrogen-bond acceptors (Lipinski definition) is 8. The molecule has 8 nitrogen and oxygen atoms in total. The summed E-state index contributed by atoms with van der Waals surface area (Å²) in [7, 11) is 1.58. The van der Waals surface area contributed by atoms with Crippen LogP contribution in [0.15, 0.2) is 127 Å². The molecule has 0 spiro atoms. The number of benzene rings is 4. The molecule has 0 radical (unpaired) electrons. The zero-order valence-corrected chi connectivity index (χ0v) is 25.5. The summed E-state index contributed by atoms with van der Waals surface area (Å²) >= 11 is 3.32. The van der Waals surface area contributed by atoms with E-state index in [-0.39, 0.29) is 24.8 Å². The highest BCUT2D eigenvalue weighted by atomic mass is 79.9. The van der Waals surface area contributed by atoms with E-state index >= 15 is 0 Å². The summed E-state index contributed by atoms with van der Waals surface area (Å²) in [5.74, 6) is 0.491. The molecule has 0 heterocycles. The summed E-state index contributed by atoms with van der Waals surface area (Å²) in [5.41, 5.74) is 2.28. The first-order chi connectivity index (χ1) is 21.2. The fourth-order valence-corrected chi connectivity index (χ4v) is 3.84. The number of rotatable bonds is 12. The molecular weight excluding hydrogens is 628 g/mol. The Kier molecular flexibility index (Phi) is 12.8. The van der Waals surface area contributed by atoms with Crippen molar-refractivity contribution in [3.05, 3.63) is 149 Å². The van der Waals surface area contributed by atoms with Gasteiger partial charge in [-0.15, -0.1) is 0 Å². The van der Waals surface area contributed by atoms with Gasteiger partial charge in [0.15, 0.2) is 11.6 Å². The van der Waals surface area contributed by atoms with Crippen LogP contribution in [0, 0.1) is 0 Å². The van der Waals surface area contributed by atoms with Gasteiger partial charge in [0.2, 0.25) is 0 Å². The van der Waals surface area contributed by atoms with Crippen molar-refractivity contribution in [2.75, 3.05) is 20.3 Å². The van der Waals surface area contributed by atoms with E-state index in [1.165, 1.54) is 0 Å². The maximum absolute atomic E-state index is 12.4. The van der Waals surface area contributed by atoms with Crippen LogP contribution in [0.4, 0.5) is 0 Å². The lowest BCUT2D eigenvalue weighted by Crippen LogP contribution is -2.10. The van der Waals surface area contributed by atoms with E-state index in [2.05, 4.69) is 29.1 Å². The first kappa shape index (κ1) is 33.2. The number of carbonyl (C=O) groups excluding carboxylic acids is 4. The van der Waals surface area contributed by atoms with Crippen LogP contribution in [0.5, 0.6) is 17.2 Å². The van der Waals surface area contributed by atoms with Crippen molar-refractivity contribution >= 4 is 39.4 Å². The van der Waals surface area contributed by atoms with Crippen LogP contribution in [0.2, 0.25) is 0 Å². The van der Waals surface area contributed by atoms with Crippen LogP contribution in [-0.2, 0) is 14.3 Å². The topological polar surface area (TPSA) is 105 Å². The van der Waals surface area contributed by atoms with E-state index in [1.54, 1.807) is 92.0 Å². The van der Waals surface area contributed by atoms with E-state index in [1.807, 2.05) is 12.1 Å². The van der Waals surface area contributed by atoms with E-state index < -0.39 is 11.9 Å². The second-order valence-electron chi connectivity index (χ2n) is 8.79. The van der Waals surface area contributed by atoms with E-state index in [0.29, 0.717) is 39.5 Å². The van der Waals surface area contributed by atoms with Gasteiger partial charge in [0, 0.05) is 38.9 Å². The second-order valence-corrected chi connectivity index (χ2v) is 9.70. The molecule has 0 unspecified atom stereocenters. The average molecular weight is 658 g/mol. The highest BCUT2D eigenvalue weighted by molar-refractivity contribution is 9.10. The zero-order valence-electron chi connectivity index (χ0n) is 23.9. The molecule has 0 saturated heterocycles. The predicted octanol–water partition coefficient (Wildman–Crippen LogP) is 6.81. The Labute approximate surface area is 263 Å². The molecule has 0 aliphatic rings. The van der Waals surface area contributed by atoms with Crippen LogP contribution in [-0.4, -0.2) is 43.8 Å². The van der Waals surface area contributed by atoms with Crippen LogP contribution in [0.25, 0.3) is 0 Å². The summed E-state index contributed by atoms with van der Waals surface area (Å²) in [6.07, 6.45) is 2.18. The molecule has 0 aliphatic carbocycles. The van der Waals surface area contributed by atoms with E-state index in [9.17, 15) is 19.2 Å². The van der Waals surface area contributed by atoms with Gasteiger partial charge >= 0.3 is 11.9 Å². The summed E-state index contributed by atoms with van der Waals surface area (Å²) < 4.78 is 21.2. The largest absolute Gasteiger partial charge is 0.497 e. The summed E-state index contributed by atoms with van der Waals surface area (Å²) in [4.78, 5) is 46.5. The predicted molar refractivity (Wildman–Crippen MR) is 169 cm³/mol. The third-order valence-electron chi connectivity index (χ3n) is 5.84. The molecule has 0 aromatic heterocycles. The molecule has 4 aromatic rings. The molecule has 224 valence electrons. The quantitative estimate of drug-likeness (QED) is 0.0539. The normalized spacial score (nSPS) is 9.86. The molecule has 0 amide bonds. The molecule has 44 heavy (non-hydrogen) atoms. The molecule has 0 N–H and O–H groups in total. The van der Waals surface area contributed by atoms with Gasteiger partial charge in [-0.3, -0.25) is 9.59 Å². The van der Waals surface area contributed by atoms with Gasteiger partial charge in [-0.05, 0) is 97.1 Å². The molecule has 0 saturated carbocycles. The van der Waals surface area contributed by atoms with Gasteiger partial charge in [-0.2, -0.15) is 0 Å². The third-order valence-corrected chi connectivity index (χ3v) is 6.37. The summed E-state index contributed by atoms with van der Waals surface area (Å²) in [6.45, 7) is 6.98. The Balaban J connectivity index is 0.000000244. The molecule has 0 aliphatic heterocycles. The Morgan fingerprint density at radius 1 is 0.591 bits per heavy atom. The first-order valence-electron chi connectivity index (χ1n) is 13.2. The minimum atomic E-state index is -0.531. The van der Waals surface area contributed by atoms with E-state index in [4.69, 9.17) is 18.9 Å². The molecule has 4 aromatic carbocycles. The van der Waals surface area contributed by atoms with Gasteiger partial charge in [0.05, 0.1) is 7.11 Å². The van der Waals surface area contributed by atoms with Gasteiger partial charge in [-0.25, -0.2) is 9.59 Å². The number of ketones is 2. The number of esters is 2. The van der Waals surface area contributed by atoms with Crippen LogP contribution in [0.1, 0.15) is 31.8 Å². The highest BCUT2D eigenvalue weighted by Gasteiger charge is 2.11. The molecule has 0 fully saturated rings. The molecule has 4 rings (SSSR count). The number of carbonyl (C=O) groups is 4. The SMILES string of the molecule is C=CC(=O)OCCOc1ccc(C(=O)c2ccc(OC)cc2)cc1.C=CC(=O)Oc1ccc(C(=O)c2ccc(Br)cc2)cc1. The molecule has 9 heteroatoms. The minimum Gasteiger partial charge on any atom is -0.497 e.